The molecule has 20 heavy (non-hydrogen) atoms. The van der Waals surface area contributed by atoms with Gasteiger partial charge in [-0.05, 0) is 32.9 Å². The van der Waals surface area contributed by atoms with Gasteiger partial charge in [0.2, 0.25) is 0 Å². The summed E-state index contributed by atoms with van der Waals surface area (Å²) in [5, 5.41) is 10.5. The average molecular weight is 280 g/mol. The Morgan fingerprint density at radius 1 is 1.35 bits per heavy atom. The smallest absolute Gasteiger partial charge is 0.128 e. The molecule has 0 radical (unpaired) electrons. The van der Waals surface area contributed by atoms with Crippen molar-refractivity contribution in [1.29, 1.82) is 0 Å². The molecule has 0 bridgehead atoms. The van der Waals surface area contributed by atoms with Crippen LogP contribution in [0.3, 0.4) is 0 Å². The molecule has 2 unspecified atom stereocenters. The fourth-order valence-corrected chi connectivity index (χ4v) is 3.39. The second-order valence-corrected chi connectivity index (χ2v) is 6.17. The first kappa shape index (κ1) is 15.4. The van der Waals surface area contributed by atoms with Gasteiger partial charge in [-0.25, -0.2) is 4.39 Å². The van der Waals surface area contributed by atoms with Crippen LogP contribution in [-0.2, 0) is 0 Å². The van der Waals surface area contributed by atoms with Gasteiger partial charge in [-0.1, -0.05) is 31.0 Å². The van der Waals surface area contributed by atoms with Crippen molar-refractivity contribution in [3.63, 3.8) is 0 Å². The van der Waals surface area contributed by atoms with E-state index in [0.717, 1.165) is 25.7 Å². The molecule has 1 aliphatic rings. The van der Waals surface area contributed by atoms with Gasteiger partial charge in [0.15, 0.2) is 0 Å². The van der Waals surface area contributed by atoms with Crippen LogP contribution < -0.4 is 5.73 Å². The van der Waals surface area contributed by atoms with Gasteiger partial charge in [0.05, 0.1) is 11.6 Å². The third-order valence-corrected chi connectivity index (χ3v) is 4.27. The summed E-state index contributed by atoms with van der Waals surface area (Å²) in [6.07, 6.45) is 3.76. The molecule has 112 valence electrons. The van der Waals surface area contributed by atoms with Crippen molar-refractivity contribution in [2.24, 2.45) is 5.73 Å². The molecule has 1 aliphatic carbocycles. The van der Waals surface area contributed by atoms with Crippen LogP contribution in [0.5, 0.6) is 0 Å². The molecule has 3 nitrogen and oxygen atoms in total. The standard InChI is InChI=1S/C16H25FN2O/c1-12(18)15(13-7-3-4-8-14(13)17)19(2)11-16(20)9-5-6-10-16/h3-4,7-8,12,15,20H,5-6,9-11,18H2,1-2H3. The van der Waals surface area contributed by atoms with Crippen LogP contribution in [0.2, 0.25) is 0 Å². The molecule has 0 aliphatic heterocycles. The lowest BCUT2D eigenvalue weighted by Crippen LogP contribution is -2.45. The third kappa shape index (κ3) is 3.37. The van der Waals surface area contributed by atoms with E-state index in [2.05, 4.69) is 0 Å². The zero-order valence-electron chi connectivity index (χ0n) is 12.3. The van der Waals surface area contributed by atoms with Crippen LogP contribution in [0.25, 0.3) is 0 Å². The largest absolute Gasteiger partial charge is 0.389 e. The van der Waals surface area contributed by atoms with Gasteiger partial charge >= 0.3 is 0 Å². The molecule has 1 saturated carbocycles. The van der Waals surface area contributed by atoms with Crippen molar-refractivity contribution in [1.82, 2.24) is 4.90 Å². The maximum Gasteiger partial charge on any atom is 0.128 e. The summed E-state index contributed by atoms with van der Waals surface area (Å²) in [4.78, 5) is 1.99. The van der Waals surface area contributed by atoms with E-state index in [0.29, 0.717) is 12.1 Å². The lowest BCUT2D eigenvalue weighted by atomic mass is 9.95. The highest BCUT2D eigenvalue weighted by Crippen LogP contribution is 2.33. The second kappa shape index (κ2) is 6.20. The summed E-state index contributed by atoms with van der Waals surface area (Å²) in [7, 11) is 1.91. The van der Waals surface area contributed by atoms with Crippen LogP contribution >= 0.6 is 0 Å². The van der Waals surface area contributed by atoms with Crippen molar-refractivity contribution in [2.45, 2.75) is 50.3 Å². The van der Waals surface area contributed by atoms with Crippen LogP contribution in [-0.4, -0.2) is 35.2 Å². The Morgan fingerprint density at radius 2 is 1.95 bits per heavy atom. The van der Waals surface area contributed by atoms with Crippen LogP contribution in [0.4, 0.5) is 4.39 Å². The van der Waals surface area contributed by atoms with Crippen molar-refractivity contribution in [3.05, 3.63) is 35.6 Å². The minimum Gasteiger partial charge on any atom is -0.389 e. The average Bonchev–Trinajstić information content (AvgIpc) is 2.78. The molecule has 1 aromatic carbocycles. The van der Waals surface area contributed by atoms with Crippen molar-refractivity contribution >= 4 is 0 Å². The lowest BCUT2D eigenvalue weighted by molar-refractivity contribution is 0.00209. The molecule has 0 amide bonds. The summed E-state index contributed by atoms with van der Waals surface area (Å²) in [6, 6.07) is 6.32. The topological polar surface area (TPSA) is 49.5 Å². The molecule has 1 aromatic rings. The quantitative estimate of drug-likeness (QED) is 0.871. The molecule has 0 aromatic heterocycles. The number of aliphatic hydroxyl groups is 1. The van der Waals surface area contributed by atoms with E-state index in [1.54, 1.807) is 12.1 Å². The molecule has 2 rings (SSSR count). The molecule has 0 heterocycles. The number of hydrogen-bond donors (Lipinski definition) is 2. The molecular formula is C16H25FN2O. The van der Waals surface area contributed by atoms with E-state index in [4.69, 9.17) is 5.73 Å². The van der Waals surface area contributed by atoms with Crippen LogP contribution in [0, 0.1) is 5.82 Å². The van der Waals surface area contributed by atoms with Gasteiger partial charge in [0, 0.05) is 18.2 Å². The Hall–Kier alpha value is -0.970. The van der Waals surface area contributed by atoms with Gasteiger partial charge in [-0.15, -0.1) is 0 Å². The highest BCUT2D eigenvalue weighted by Gasteiger charge is 2.35. The van der Waals surface area contributed by atoms with Crippen LogP contribution in [0.15, 0.2) is 24.3 Å². The van der Waals surface area contributed by atoms with Gasteiger partial charge in [-0.2, -0.15) is 0 Å². The summed E-state index contributed by atoms with van der Waals surface area (Å²) < 4.78 is 14.0. The summed E-state index contributed by atoms with van der Waals surface area (Å²) in [5.74, 6) is -0.236. The number of rotatable bonds is 5. The van der Waals surface area contributed by atoms with E-state index >= 15 is 0 Å². The number of likely N-dealkylation sites (N-methyl/N-ethyl adjacent to an activating group) is 1. The van der Waals surface area contributed by atoms with E-state index in [9.17, 15) is 9.50 Å². The van der Waals surface area contributed by atoms with Crippen molar-refractivity contribution < 1.29 is 9.50 Å². The molecule has 1 fully saturated rings. The Labute approximate surface area is 120 Å². The second-order valence-electron chi connectivity index (χ2n) is 6.17. The van der Waals surface area contributed by atoms with Gasteiger partial charge in [0.1, 0.15) is 5.82 Å². The fraction of sp³-hybridized carbons (Fsp3) is 0.625. The van der Waals surface area contributed by atoms with E-state index in [-0.39, 0.29) is 17.9 Å². The predicted molar refractivity (Wildman–Crippen MR) is 78.8 cm³/mol. The predicted octanol–water partition coefficient (Wildman–Crippen LogP) is 2.45. The third-order valence-electron chi connectivity index (χ3n) is 4.27. The molecule has 0 saturated heterocycles. The number of benzene rings is 1. The molecule has 3 N–H and O–H groups in total. The number of hydrogen-bond acceptors (Lipinski definition) is 3. The highest BCUT2D eigenvalue weighted by molar-refractivity contribution is 5.22. The van der Waals surface area contributed by atoms with Crippen molar-refractivity contribution in [2.75, 3.05) is 13.6 Å². The van der Waals surface area contributed by atoms with E-state index < -0.39 is 5.60 Å². The first-order valence-electron chi connectivity index (χ1n) is 7.35. The monoisotopic (exact) mass is 280 g/mol. The number of nitrogens with two attached hydrogens (primary N) is 1. The Bertz CT molecular complexity index is 444. The van der Waals surface area contributed by atoms with E-state index in [1.807, 2.05) is 24.9 Å². The zero-order valence-corrected chi connectivity index (χ0v) is 12.3. The number of nitrogens with zero attached hydrogens (tertiary/aromatic N) is 1. The van der Waals surface area contributed by atoms with Gasteiger partial charge in [0.25, 0.3) is 0 Å². The minimum atomic E-state index is -0.646. The maximum atomic E-state index is 14.0. The first-order valence-corrected chi connectivity index (χ1v) is 7.35. The maximum absolute atomic E-state index is 14.0. The summed E-state index contributed by atoms with van der Waals surface area (Å²) in [5.41, 5.74) is 6.02. The Kier molecular flexibility index (Phi) is 4.78. The Morgan fingerprint density at radius 3 is 2.50 bits per heavy atom. The zero-order chi connectivity index (χ0) is 14.8. The van der Waals surface area contributed by atoms with Gasteiger partial charge < -0.3 is 10.8 Å². The highest BCUT2D eigenvalue weighted by atomic mass is 19.1. The molecule has 0 spiro atoms. The number of halogens is 1. The summed E-state index contributed by atoms with van der Waals surface area (Å²) in [6.45, 7) is 2.42. The first-order chi connectivity index (χ1) is 9.43. The minimum absolute atomic E-state index is 0.207. The molecule has 2 atom stereocenters. The fourth-order valence-electron chi connectivity index (χ4n) is 3.39. The molecular weight excluding hydrogens is 255 g/mol. The lowest BCUT2D eigenvalue weighted by Gasteiger charge is -2.36. The van der Waals surface area contributed by atoms with Crippen molar-refractivity contribution in [3.8, 4) is 0 Å². The Balaban J connectivity index is 2.18. The SMILES string of the molecule is CC(N)C(c1ccccc1F)N(C)CC1(O)CCCC1. The summed E-state index contributed by atoms with van der Waals surface area (Å²) >= 11 is 0. The van der Waals surface area contributed by atoms with Crippen LogP contribution in [0.1, 0.15) is 44.2 Å². The molecule has 4 heteroatoms. The van der Waals surface area contributed by atoms with E-state index in [1.165, 1.54) is 6.07 Å². The van der Waals surface area contributed by atoms with Gasteiger partial charge in [-0.3, -0.25) is 4.90 Å². The normalized spacial score (nSPS) is 21.1.